The number of hydrogen-bond donors (Lipinski definition) is 2. The predicted molar refractivity (Wildman–Crippen MR) is 108 cm³/mol. The van der Waals surface area contributed by atoms with Gasteiger partial charge in [-0.15, -0.1) is 0 Å². The van der Waals surface area contributed by atoms with E-state index >= 15 is 0 Å². The number of nitrogens with zero attached hydrogens (tertiary/aromatic N) is 4. The fourth-order valence-electron chi connectivity index (χ4n) is 4.20. The predicted octanol–water partition coefficient (Wildman–Crippen LogP) is 1.68. The van der Waals surface area contributed by atoms with Crippen LogP contribution in [0.3, 0.4) is 0 Å². The van der Waals surface area contributed by atoms with E-state index in [4.69, 9.17) is 9.72 Å². The number of aromatic nitrogens is 4. The molecule has 2 aromatic heterocycles. The topological polar surface area (TPSA) is 94.0 Å². The van der Waals surface area contributed by atoms with Gasteiger partial charge in [-0.1, -0.05) is 19.1 Å². The number of benzene rings is 1. The summed E-state index contributed by atoms with van der Waals surface area (Å²) in [4.78, 5) is 26.3. The van der Waals surface area contributed by atoms with E-state index in [1.807, 2.05) is 25.1 Å². The summed E-state index contributed by atoms with van der Waals surface area (Å²) in [6.07, 6.45) is 2.19. The molecule has 0 radical (unpaired) electrons. The van der Waals surface area contributed by atoms with Crippen molar-refractivity contribution < 1.29 is 9.53 Å². The van der Waals surface area contributed by atoms with Crippen LogP contribution in [0.1, 0.15) is 19.2 Å². The Hall–Kier alpha value is -3.00. The molecule has 1 amide bonds. The van der Waals surface area contributed by atoms with Crippen molar-refractivity contribution in [1.82, 2.24) is 30.2 Å². The van der Waals surface area contributed by atoms with Gasteiger partial charge in [-0.05, 0) is 25.0 Å². The molecule has 1 saturated heterocycles. The average Bonchev–Trinajstić information content (AvgIpc) is 3.30. The smallest absolute Gasteiger partial charge is 0.317 e. The van der Waals surface area contributed by atoms with Gasteiger partial charge in [0.2, 0.25) is 5.91 Å². The largest absolute Gasteiger partial charge is 0.459 e. The second kappa shape index (κ2) is 7.11. The molecule has 2 N–H and O–H groups in total. The molecular weight excluding hydrogens is 368 g/mol. The minimum absolute atomic E-state index is 0.0143. The zero-order valence-corrected chi connectivity index (χ0v) is 16.6. The maximum Gasteiger partial charge on any atom is 0.317 e. The standard InChI is InChI=1S/C21H24N6O2/c1-12-9-24-20(28)18-8-14(10-23-18)29-21-22-7-6-16(26-21)15-4-3-5-17-19(15)27(11-12)13(2)25-17/h3-7,12,14,18,23H,8-11H2,1-2H3,(H,24,28)/t12?,14-,18-/m0/s1. The minimum atomic E-state index is -0.251. The molecule has 150 valence electrons. The van der Waals surface area contributed by atoms with Crippen LogP contribution in [0.15, 0.2) is 30.5 Å². The molecule has 0 spiro atoms. The van der Waals surface area contributed by atoms with Crippen molar-refractivity contribution in [2.45, 2.75) is 39.0 Å². The Labute approximate surface area is 168 Å². The molecule has 5 rings (SSSR count). The zero-order chi connectivity index (χ0) is 20.0. The van der Waals surface area contributed by atoms with Gasteiger partial charge in [-0.2, -0.15) is 4.98 Å². The molecule has 1 unspecified atom stereocenters. The normalized spacial score (nSPS) is 24.5. The third-order valence-corrected chi connectivity index (χ3v) is 5.67. The van der Waals surface area contributed by atoms with Gasteiger partial charge in [0.15, 0.2) is 0 Å². The molecule has 3 aromatic rings. The first-order valence-corrected chi connectivity index (χ1v) is 10.1. The van der Waals surface area contributed by atoms with Crippen LogP contribution < -0.4 is 15.4 Å². The molecule has 8 heteroatoms. The zero-order valence-electron chi connectivity index (χ0n) is 16.6. The van der Waals surface area contributed by atoms with E-state index in [9.17, 15) is 4.79 Å². The van der Waals surface area contributed by atoms with Crippen LogP contribution in [0.4, 0.5) is 0 Å². The number of ether oxygens (including phenoxy) is 1. The second-order valence-electron chi connectivity index (χ2n) is 7.95. The molecule has 4 heterocycles. The van der Waals surface area contributed by atoms with Crippen molar-refractivity contribution >= 4 is 16.9 Å². The van der Waals surface area contributed by atoms with E-state index in [0.29, 0.717) is 25.5 Å². The summed E-state index contributed by atoms with van der Waals surface area (Å²) >= 11 is 0. The van der Waals surface area contributed by atoms with Crippen LogP contribution in [0.5, 0.6) is 6.01 Å². The maximum atomic E-state index is 12.6. The summed E-state index contributed by atoms with van der Waals surface area (Å²) in [7, 11) is 0. The first-order chi connectivity index (χ1) is 14.1. The van der Waals surface area contributed by atoms with Crippen LogP contribution in [0.2, 0.25) is 0 Å². The molecular formula is C21H24N6O2. The number of carbonyl (C=O) groups excluding carboxylic acids is 1. The molecule has 8 nitrogen and oxygen atoms in total. The van der Waals surface area contributed by atoms with Gasteiger partial charge < -0.3 is 19.9 Å². The highest BCUT2D eigenvalue weighted by molar-refractivity contribution is 5.91. The summed E-state index contributed by atoms with van der Waals surface area (Å²) in [6.45, 7) is 6.12. The number of carbonyl (C=O) groups is 1. The highest BCUT2D eigenvalue weighted by Gasteiger charge is 2.31. The molecule has 1 aromatic carbocycles. The average molecular weight is 392 g/mol. The van der Waals surface area contributed by atoms with Gasteiger partial charge in [-0.3, -0.25) is 4.79 Å². The highest BCUT2D eigenvalue weighted by Crippen LogP contribution is 2.30. The van der Waals surface area contributed by atoms with Gasteiger partial charge in [0.25, 0.3) is 0 Å². The number of amides is 1. The lowest BCUT2D eigenvalue weighted by Gasteiger charge is -2.18. The fraction of sp³-hybridized carbons (Fsp3) is 0.429. The third-order valence-electron chi connectivity index (χ3n) is 5.67. The lowest BCUT2D eigenvalue weighted by molar-refractivity contribution is -0.123. The van der Waals surface area contributed by atoms with Crippen molar-refractivity contribution in [2.75, 3.05) is 13.1 Å². The number of nitrogens with one attached hydrogen (secondary N) is 2. The fourth-order valence-corrected chi connectivity index (χ4v) is 4.20. The molecule has 29 heavy (non-hydrogen) atoms. The van der Waals surface area contributed by atoms with E-state index in [0.717, 1.165) is 34.7 Å². The second-order valence-corrected chi connectivity index (χ2v) is 7.95. The van der Waals surface area contributed by atoms with E-state index < -0.39 is 0 Å². The number of rotatable bonds is 0. The van der Waals surface area contributed by atoms with Crippen LogP contribution >= 0.6 is 0 Å². The van der Waals surface area contributed by atoms with Gasteiger partial charge in [-0.25, -0.2) is 9.97 Å². The lowest BCUT2D eigenvalue weighted by Crippen LogP contribution is -2.42. The Morgan fingerprint density at radius 2 is 2.10 bits per heavy atom. The first kappa shape index (κ1) is 18.1. The number of hydrogen-bond acceptors (Lipinski definition) is 6. The van der Waals surface area contributed by atoms with Gasteiger partial charge >= 0.3 is 6.01 Å². The summed E-state index contributed by atoms with van der Waals surface area (Å²) < 4.78 is 8.21. The molecule has 0 saturated carbocycles. The first-order valence-electron chi connectivity index (χ1n) is 10.1. The molecule has 2 aliphatic heterocycles. The van der Waals surface area contributed by atoms with E-state index in [2.05, 4.69) is 38.2 Å². The van der Waals surface area contributed by atoms with Crippen LogP contribution in [0, 0.1) is 12.8 Å². The Bertz CT molecular complexity index is 1080. The summed E-state index contributed by atoms with van der Waals surface area (Å²) in [6, 6.07) is 8.06. The molecule has 1 fully saturated rings. The molecule has 4 bridgehead atoms. The quantitative estimate of drug-likeness (QED) is 0.605. The van der Waals surface area contributed by atoms with Crippen molar-refractivity contribution in [3.05, 3.63) is 36.3 Å². The van der Waals surface area contributed by atoms with Gasteiger partial charge in [0.1, 0.15) is 11.9 Å². The van der Waals surface area contributed by atoms with E-state index in [-0.39, 0.29) is 24.0 Å². The van der Waals surface area contributed by atoms with Gasteiger partial charge in [0.05, 0.1) is 22.8 Å². The Balaban J connectivity index is 1.64. The Kier molecular flexibility index (Phi) is 4.43. The van der Waals surface area contributed by atoms with Crippen molar-refractivity contribution in [1.29, 1.82) is 0 Å². The SMILES string of the molecule is Cc1nc2cccc3c2n1CC(C)CNC(=O)[C@@H]1C[C@@H](CN1)Oc1nccc-3n1. The minimum Gasteiger partial charge on any atom is -0.459 e. The number of fused-ring (bicyclic) bond motifs is 5. The van der Waals surface area contributed by atoms with Crippen LogP contribution in [0.25, 0.3) is 22.3 Å². The number of aryl methyl sites for hydroxylation is 1. The summed E-state index contributed by atoms with van der Waals surface area (Å²) in [5.74, 6) is 1.21. The Morgan fingerprint density at radius 3 is 3.00 bits per heavy atom. The van der Waals surface area contributed by atoms with Crippen LogP contribution in [-0.4, -0.2) is 50.7 Å². The van der Waals surface area contributed by atoms with Gasteiger partial charge in [0, 0.05) is 37.8 Å². The number of imidazole rings is 1. The molecule has 2 aliphatic rings. The summed E-state index contributed by atoms with van der Waals surface area (Å²) in [5, 5.41) is 6.32. The number of para-hydroxylation sites is 1. The van der Waals surface area contributed by atoms with Crippen LogP contribution in [-0.2, 0) is 11.3 Å². The maximum absolute atomic E-state index is 12.6. The lowest BCUT2D eigenvalue weighted by atomic mass is 10.1. The van der Waals surface area contributed by atoms with Crippen molar-refractivity contribution in [3.63, 3.8) is 0 Å². The van der Waals surface area contributed by atoms with E-state index in [1.165, 1.54) is 0 Å². The highest BCUT2D eigenvalue weighted by atomic mass is 16.5. The van der Waals surface area contributed by atoms with E-state index in [1.54, 1.807) is 6.20 Å². The summed E-state index contributed by atoms with van der Waals surface area (Å²) in [5.41, 5.74) is 3.79. The van der Waals surface area contributed by atoms with Crippen molar-refractivity contribution in [2.24, 2.45) is 5.92 Å². The molecule has 3 atom stereocenters. The third kappa shape index (κ3) is 3.33. The Morgan fingerprint density at radius 1 is 1.21 bits per heavy atom. The van der Waals surface area contributed by atoms with Crippen molar-refractivity contribution in [3.8, 4) is 17.3 Å². The monoisotopic (exact) mass is 392 g/mol. The molecule has 0 aliphatic carbocycles.